The fourth-order valence-corrected chi connectivity index (χ4v) is 3.31. The minimum absolute atomic E-state index is 0.0855. The first-order chi connectivity index (χ1) is 10.0. The van der Waals surface area contributed by atoms with E-state index in [-0.39, 0.29) is 17.2 Å². The van der Waals surface area contributed by atoms with Gasteiger partial charge in [-0.1, -0.05) is 18.2 Å². The standard InChI is InChI=1S/C17H23NO3/c1-16(8-10-17(11-9-16)20-12-13-21-17)18(2)15(19)14-6-4-3-5-7-14/h3-7H,8-13H2,1-2H3. The molecule has 114 valence electrons. The molecule has 0 atom stereocenters. The van der Waals surface area contributed by atoms with Crippen LogP contribution in [0.4, 0.5) is 0 Å². The van der Waals surface area contributed by atoms with Gasteiger partial charge in [-0.3, -0.25) is 4.79 Å². The molecule has 0 radical (unpaired) electrons. The molecule has 3 rings (SSSR count). The second-order valence-electron chi connectivity index (χ2n) is 6.33. The fraction of sp³-hybridized carbons (Fsp3) is 0.588. The normalized spacial score (nSPS) is 23.1. The van der Waals surface area contributed by atoms with Crippen molar-refractivity contribution in [3.63, 3.8) is 0 Å². The third-order valence-electron chi connectivity index (χ3n) is 5.04. The molecule has 1 aliphatic heterocycles. The largest absolute Gasteiger partial charge is 0.348 e. The maximum Gasteiger partial charge on any atom is 0.254 e. The average molecular weight is 289 g/mol. The summed E-state index contributed by atoms with van der Waals surface area (Å²) in [6.07, 6.45) is 3.52. The Morgan fingerprint density at radius 2 is 1.62 bits per heavy atom. The van der Waals surface area contributed by atoms with Crippen molar-refractivity contribution in [2.45, 2.75) is 43.9 Å². The first kappa shape index (κ1) is 14.5. The summed E-state index contributed by atoms with van der Waals surface area (Å²) in [7, 11) is 1.91. The number of hydrogen-bond donors (Lipinski definition) is 0. The van der Waals surface area contributed by atoms with Gasteiger partial charge in [-0.25, -0.2) is 0 Å². The van der Waals surface area contributed by atoms with Crippen LogP contribution in [0.5, 0.6) is 0 Å². The molecule has 1 heterocycles. The third kappa shape index (κ3) is 2.70. The summed E-state index contributed by atoms with van der Waals surface area (Å²) < 4.78 is 11.5. The van der Waals surface area contributed by atoms with Crippen LogP contribution >= 0.6 is 0 Å². The lowest BCUT2D eigenvalue weighted by Gasteiger charge is -2.46. The second-order valence-corrected chi connectivity index (χ2v) is 6.33. The van der Waals surface area contributed by atoms with Crippen LogP contribution in [0.15, 0.2) is 30.3 Å². The van der Waals surface area contributed by atoms with Crippen molar-refractivity contribution in [3.05, 3.63) is 35.9 Å². The molecule has 1 amide bonds. The maximum atomic E-state index is 12.6. The predicted octanol–water partition coefficient (Wildman–Crippen LogP) is 2.83. The van der Waals surface area contributed by atoms with Crippen LogP contribution in [0.3, 0.4) is 0 Å². The maximum absolute atomic E-state index is 12.6. The van der Waals surface area contributed by atoms with Gasteiger partial charge in [-0.2, -0.15) is 0 Å². The summed E-state index contributed by atoms with van der Waals surface area (Å²) in [4.78, 5) is 14.5. The summed E-state index contributed by atoms with van der Waals surface area (Å²) in [6.45, 7) is 3.54. The van der Waals surface area contributed by atoms with E-state index in [1.54, 1.807) is 0 Å². The highest BCUT2D eigenvalue weighted by atomic mass is 16.7. The number of carbonyl (C=O) groups excluding carboxylic acids is 1. The Morgan fingerprint density at radius 3 is 2.19 bits per heavy atom. The molecule has 2 aliphatic rings. The minimum Gasteiger partial charge on any atom is -0.348 e. The van der Waals surface area contributed by atoms with Crippen LogP contribution in [0.25, 0.3) is 0 Å². The smallest absolute Gasteiger partial charge is 0.254 e. The zero-order valence-electron chi connectivity index (χ0n) is 12.8. The molecule has 1 aliphatic carbocycles. The SMILES string of the molecule is CN(C(=O)c1ccccc1)C1(C)CCC2(CC1)OCCO2. The first-order valence-electron chi connectivity index (χ1n) is 7.66. The van der Waals surface area contributed by atoms with E-state index in [0.29, 0.717) is 13.2 Å². The summed E-state index contributed by atoms with van der Waals surface area (Å²) >= 11 is 0. The Morgan fingerprint density at radius 1 is 1.05 bits per heavy atom. The van der Waals surface area contributed by atoms with Gasteiger partial charge in [0.15, 0.2) is 5.79 Å². The minimum atomic E-state index is -0.379. The number of hydrogen-bond acceptors (Lipinski definition) is 3. The van der Waals surface area contributed by atoms with E-state index >= 15 is 0 Å². The van der Waals surface area contributed by atoms with Crippen molar-refractivity contribution >= 4 is 5.91 Å². The molecule has 1 aromatic carbocycles. The molecule has 21 heavy (non-hydrogen) atoms. The molecule has 0 unspecified atom stereocenters. The van der Waals surface area contributed by atoms with Crippen molar-refractivity contribution in [2.75, 3.05) is 20.3 Å². The molecule has 1 spiro atoms. The Kier molecular flexibility index (Phi) is 3.76. The van der Waals surface area contributed by atoms with Gasteiger partial charge in [-0.05, 0) is 31.9 Å². The van der Waals surface area contributed by atoms with Gasteiger partial charge in [0, 0.05) is 31.0 Å². The first-order valence-corrected chi connectivity index (χ1v) is 7.66. The predicted molar refractivity (Wildman–Crippen MR) is 80.0 cm³/mol. The van der Waals surface area contributed by atoms with Gasteiger partial charge in [0.25, 0.3) is 5.91 Å². The lowest BCUT2D eigenvalue weighted by atomic mass is 9.78. The summed E-state index contributed by atoms with van der Waals surface area (Å²) in [6, 6.07) is 9.47. The van der Waals surface area contributed by atoms with E-state index in [1.807, 2.05) is 42.3 Å². The highest BCUT2D eigenvalue weighted by Gasteiger charge is 2.46. The fourth-order valence-electron chi connectivity index (χ4n) is 3.31. The van der Waals surface area contributed by atoms with Crippen molar-refractivity contribution in [1.29, 1.82) is 0 Å². The molecule has 1 aromatic rings. The van der Waals surface area contributed by atoms with E-state index in [4.69, 9.17) is 9.47 Å². The van der Waals surface area contributed by atoms with E-state index in [0.717, 1.165) is 31.2 Å². The monoisotopic (exact) mass is 289 g/mol. The number of nitrogens with zero attached hydrogens (tertiary/aromatic N) is 1. The molecule has 0 N–H and O–H groups in total. The van der Waals surface area contributed by atoms with Crippen LogP contribution < -0.4 is 0 Å². The van der Waals surface area contributed by atoms with Crippen molar-refractivity contribution in [3.8, 4) is 0 Å². The van der Waals surface area contributed by atoms with Crippen molar-refractivity contribution in [1.82, 2.24) is 4.90 Å². The summed E-state index contributed by atoms with van der Waals surface area (Å²) in [5.41, 5.74) is 0.614. The average Bonchev–Trinajstić information content (AvgIpc) is 2.99. The van der Waals surface area contributed by atoms with E-state index in [9.17, 15) is 4.79 Å². The third-order valence-corrected chi connectivity index (χ3v) is 5.04. The number of carbonyl (C=O) groups is 1. The van der Waals surface area contributed by atoms with Gasteiger partial charge in [0.2, 0.25) is 0 Å². The van der Waals surface area contributed by atoms with Crippen molar-refractivity contribution < 1.29 is 14.3 Å². The number of amides is 1. The van der Waals surface area contributed by atoms with E-state index in [1.165, 1.54) is 0 Å². The van der Waals surface area contributed by atoms with Crippen LogP contribution in [-0.4, -0.2) is 42.4 Å². The second kappa shape index (κ2) is 5.43. The Labute approximate surface area is 126 Å². The van der Waals surface area contributed by atoms with Crippen LogP contribution in [0, 0.1) is 0 Å². The van der Waals surface area contributed by atoms with Gasteiger partial charge < -0.3 is 14.4 Å². The van der Waals surface area contributed by atoms with Gasteiger partial charge in [0.05, 0.1) is 13.2 Å². The molecule has 4 nitrogen and oxygen atoms in total. The zero-order valence-corrected chi connectivity index (χ0v) is 12.8. The topological polar surface area (TPSA) is 38.8 Å². The Balaban J connectivity index is 1.70. The quantitative estimate of drug-likeness (QED) is 0.840. The number of benzene rings is 1. The molecule has 4 heteroatoms. The lowest BCUT2D eigenvalue weighted by Crippen LogP contribution is -2.53. The van der Waals surface area contributed by atoms with Gasteiger partial charge in [0.1, 0.15) is 0 Å². The molecule has 0 aromatic heterocycles. The summed E-state index contributed by atoms with van der Waals surface area (Å²) in [5.74, 6) is -0.293. The van der Waals surface area contributed by atoms with Crippen LogP contribution in [-0.2, 0) is 9.47 Å². The van der Waals surface area contributed by atoms with E-state index < -0.39 is 0 Å². The highest BCUT2D eigenvalue weighted by Crippen LogP contribution is 2.42. The zero-order chi connectivity index (χ0) is 14.9. The molecular formula is C17H23NO3. The van der Waals surface area contributed by atoms with E-state index in [2.05, 4.69) is 6.92 Å². The molecule has 0 bridgehead atoms. The molecule has 2 fully saturated rings. The van der Waals surface area contributed by atoms with Crippen molar-refractivity contribution in [2.24, 2.45) is 0 Å². The van der Waals surface area contributed by atoms with Gasteiger partial charge in [-0.15, -0.1) is 0 Å². The summed E-state index contributed by atoms with van der Waals surface area (Å²) in [5, 5.41) is 0. The Bertz CT molecular complexity index is 498. The molecule has 1 saturated heterocycles. The lowest BCUT2D eigenvalue weighted by molar-refractivity contribution is -0.189. The highest BCUT2D eigenvalue weighted by molar-refractivity contribution is 5.94. The van der Waals surface area contributed by atoms with Crippen LogP contribution in [0.1, 0.15) is 43.0 Å². The number of ether oxygens (including phenoxy) is 2. The molecule has 1 saturated carbocycles. The van der Waals surface area contributed by atoms with Crippen LogP contribution in [0.2, 0.25) is 0 Å². The Hall–Kier alpha value is -1.39. The van der Waals surface area contributed by atoms with Gasteiger partial charge >= 0.3 is 0 Å². The molecular weight excluding hydrogens is 266 g/mol. The number of rotatable bonds is 2.